The van der Waals surface area contributed by atoms with Crippen molar-refractivity contribution in [2.45, 2.75) is 32.2 Å². The molecule has 17 heavy (non-hydrogen) atoms. The SMILES string of the molecule is CCN1CCC(C(CC=O)NS(C)(=O)=O)CC1. The van der Waals surface area contributed by atoms with Gasteiger partial charge in [0.1, 0.15) is 6.29 Å². The van der Waals surface area contributed by atoms with Gasteiger partial charge in [-0.25, -0.2) is 13.1 Å². The summed E-state index contributed by atoms with van der Waals surface area (Å²) in [5.74, 6) is 0.276. The lowest BCUT2D eigenvalue weighted by Gasteiger charge is -2.35. The lowest BCUT2D eigenvalue weighted by atomic mass is 9.88. The molecule has 1 rings (SSSR count). The summed E-state index contributed by atoms with van der Waals surface area (Å²) in [6.45, 7) is 5.13. The molecule has 1 unspecified atom stereocenters. The first-order valence-electron chi connectivity index (χ1n) is 6.09. The van der Waals surface area contributed by atoms with E-state index >= 15 is 0 Å². The number of hydrogen-bond acceptors (Lipinski definition) is 4. The van der Waals surface area contributed by atoms with E-state index in [1.807, 2.05) is 0 Å². The smallest absolute Gasteiger partial charge is 0.208 e. The van der Waals surface area contributed by atoms with E-state index in [-0.39, 0.29) is 18.4 Å². The van der Waals surface area contributed by atoms with Gasteiger partial charge in [0.15, 0.2) is 0 Å². The van der Waals surface area contributed by atoms with Crippen LogP contribution in [-0.4, -0.2) is 51.5 Å². The standard InChI is InChI=1S/C11H22N2O3S/c1-3-13-7-4-10(5-8-13)11(6-9-14)12-17(2,15)16/h9-12H,3-8H2,1-2H3. The maximum atomic E-state index is 11.2. The molecule has 1 aliphatic rings. The van der Waals surface area contributed by atoms with Crippen LogP contribution in [0.1, 0.15) is 26.2 Å². The van der Waals surface area contributed by atoms with Gasteiger partial charge < -0.3 is 9.69 Å². The fourth-order valence-corrected chi connectivity index (χ4v) is 3.23. The molecule has 0 aliphatic carbocycles. The zero-order valence-electron chi connectivity index (χ0n) is 10.6. The van der Waals surface area contributed by atoms with Crippen molar-refractivity contribution in [3.8, 4) is 0 Å². The van der Waals surface area contributed by atoms with E-state index in [2.05, 4.69) is 16.5 Å². The number of aldehydes is 1. The lowest BCUT2D eigenvalue weighted by molar-refractivity contribution is -0.108. The Hall–Kier alpha value is -0.460. The Bertz CT molecular complexity index is 335. The molecule has 0 amide bonds. The van der Waals surface area contributed by atoms with E-state index in [9.17, 15) is 13.2 Å². The van der Waals surface area contributed by atoms with Gasteiger partial charge in [-0.1, -0.05) is 6.92 Å². The quantitative estimate of drug-likeness (QED) is 0.696. The van der Waals surface area contributed by atoms with Gasteiger partial charge in [-0.3, -0.25) is 0 Å². The minimum Gasteiger partial charge on any atom is -0.304 e. The van der Waals surface area contributed by atoms with Crippen molar-refractivity contribution in [2.24, 2.45) is 5.92 Å². The molecule has 0 radical (unpaired) electrons. The Balaban J connectivity index is 2.56. The number of carbonyl (C=O) groups excluding carboxylic acids is 1. The van der Waals surface area contributed by atoms with Crippen LogP contribution in [0.5, 0.6) is 0 Å². The van der Waals surface area contributed by atoms with Crippen LogP contribution in [0.15, 0.2) is 0 Å². The second kappa shape index (κ2) is 6.47. The van der Waals surface area contributed by atoms with Crippen LogP contribution in [0.4, 0.5) is 0 Å². The fourth-order valence-electron chi connectivity index (χ4n) is 2.39. The van der Waals surface area contributed by atoms with E-state index in [0.717, 1.165) is 45.0 Å². The number of rotatable bonds is 6. The third-order valence-electron chi connectivity index (χ3n) is 3.36. The second-order valence-electron chi connectivity index (χ2n) is 4.67. The van der Waals surface area contributed by atoms with Gasteiger partial charge in [0, 0.05) is 12.5 Å². The maximum absolute atomic E-state index is 11.2. The Morgan fingerprint density at radius 2 is 2.00 bits per heavy atom. The average Bonchev–Trinajstić information content (AvgIpc) is 2.27. The Morgan fingerprint density at radius 3 is 2.41 bits per heavy atom. The number of nitrogens with zero attached hydrogens (tertiary/aromatic N) is 1. The van der Waals surface area contributed by atoms with Crippen molar-refractivity contribution in [2.75, 3.05) is 25.9 Å². The lowest BCUT2D eigenvalue weighted by Crippen LogP contribution is -2.45. The Kier molecular flexibility index (Phi) is 5.55. The first-order chi connectivity index (χ1) is 7.96. The van der Waals surface area contributed by atoms with E-state index < -0.39 is 10.0 Å². The molecule has 1 atom stereocenters. The van der Waals surface area contributed by atoms with Gasteiger partial charge in [0.25, 0.3) is 0 Å². The van der Waals surface area contributed by atoms with Gasteiger partial charge >= 0.3 is 0 Å². The Labute approximate surface area is 104 Å². The number of piperidine rings is 1. The molecule has 0 spiro atoms. The summed E-state index contributed by atoms with van der Waals surface area (Å²) in [6, 6.07) is -0.235. The van der Waals surface area contributed by atoms with Gasteiger partial charge in [-0.05, 0) is 38.4 Å². The number of hydrogen-bond donors (Lipinski definition) is 1. The number of sulfonamides is 1. The molecule has 0 aromatic rings. The van der Waals surface area contributed by atoms with Crippen LogP contribution < -0.4 is 4.72 Å². The molecule has 0 saturated carbocycles. The highest BCUT2D eigenvalue weighted by molar-refractivity contribution is 7.88. The maximum Gasteiger partial charge on any atom is 0.208 e. The second-order valence-corrected chi connectivity index (χ2v) is 6.45. The van der Waals surface area contributed by atoms with Crippen molar-refractivity contribution >= 4 is 16.3 Å². The van der Waals surface area contributed by atoms with Gasteiger partial charge in [0.2, 0.25) is 10.0 Å². The molecule has 0 bridgehead atoms. The van der Waals surface area contributed by atoms with E-state index in [1.54, 1.807) is 0 Å². The van der Waals surface area contributed by atoms with Gasteiger partial charge in [-0.2, -0.15) is 0 Å². The highest BCUT2D eigenvalue weighted by Crippen LogP contribution is 2.22. The van der Waals surface area contributed by atoms with Crippen molar-refractivity contribution in [1.82, 2.24) is 9.62 Å². The van der Waals surface area contributed by atoms with Gasteiger partial charge in [-0.15, -0.1) is 0 Å². The average molecular weight is 262 g/mol. The zero-order chi connectivity index (χ0) is 12.9. The van der Waals surface area contributed by atoms with Crippen molar-refractivity contribution in [3.05, 3.63) is 0 Å². The first kappa shape index (κ1) is 14.6. The molecule has 0 aromatic carbocycles. The summed E-state index contributed by atoms with van der Waals surface area (Å²) in [7, 11) is -3.24. The van der Waals surface area contributed by atoms with E-state index in [4.69, 9.17) is 0 Å². The van der Waals surface area contributed by atoms with Crippen molar-refractivity contribution in [3.63, 3.8) is 0 Å². The predicted molar refractivity (Wildman–Crippen MR) is 67.3 cm³/mol. The first-order valence-corrected chi connectivity index (χ1v) is 7.98. The monoisotopic (exact) mass is 262 g/mol. The fraction of sp³-hybridized carbons (Fsp3) is 0.909. The normalized spacial score (nSPS) is 21.3. The van der Waals surface area contributed by atoms with Crippen LogP contribution in [0, 0.1) is 5.92 Å². The number of carbonyl (C=O) groups is 1. The van der Waals surface area contributed by atoms with Crippen LogP contribution >= 0.6 is 0 Å². The minimum atomic E-state index is -3.24. The molecular weight excluding hydrogens is 240 g/mol. The Morgan fingerprint density at radius 1 is 1.41 bits per heavy atom. The highest BCUT2D eigenvalue weighted by Gasteiger charge is 2.27. The zero-order valence-corrected chi connectivity index (χ0v) is 11.4. The molecule has 1 N–H and O–H groups in total. The van der Waals surface area contributed by atoms with Crippen molar-refractivity contribution in [1.29, 1.82) is 0 Å². The summed E-state index contributed by atoms with van der Waals surface area (Å²) >= 11 is 0. The largest absolute Gasteiger partial charge is 0.304 e. The summed E-state index contributed by atoms with van der Waals surface area (Å²) in [4.78, 5) is 13.0. The number of nitrogens with one attached hydrogen (secondary N) is 1. The van der Waals surface area contributed by atoms with Crippen LogP contribution in [-0.2, 0) is 14.8 Å². The molecule has 100 valence electrons. The number of likely N-dealkylation sites (tertiary alicyclic amines) is 1. The third-order valence-corrected chi connectivity index (χ3v) is 4.09. The summed E-state index contributed by atoms with van der Waals surface area (Å²) in [6.07, 6.45) is 4.12. The topological polar surface area (TPSA) is 66.5 Å². The van der Waals surface area contributed by atoms with Crippen LogP contribution in [0.2, 0.25) is 0 Å². The summed E-state index contributed by atoms with van der Waals surface area (Å²) in [5.41, 5.74) is 0. The minimum absolute atomic E-state index is 0.235. The molecule has 0 aromatic heterocycles. The van der Waals surface area contributed by atoms with E-state index in [1.165, 1.54) is 0 Å². The molecule has 6 heteroatoms. The molecule has 1 heterocycles. The summed E-state index contributed by atoms with van der Waals surface area (Å²) < 4.78 is 25.1. The molecule has 5 nitrogen and oxygen atoms in total. The molecule has 1 aliphatic heterocycles. The van der Waals surface area contributed by atoms with Gasteiger partial charge in [0.05, 0.1) is 6.26 Å². The molecule has 1 fully saturated rings. The van der Waals surface area contributed by atoms with E-state index in [0.29, 0.717) is 0 Å². The highest BCUT2D eigenvalue weighted by atomic mass is 32.2. The molecule has 1 saturated heterocycles. The summed E-state index contributed by atoms with van der Waals surface area (Å²) in [5, 5.41) is 0. The van der Waals surface area contributed by atoms with Crippen LogP contribution in [0.25, 0.3) is 0 Å². The van der Waals surface area contributed by atoms with Crippen LogP contribution in [0.3, 0.4) is 0 Å². The third kappa shape index (κ3) is 5.14. The predicted octanol–water partition coefficient (Wildman–Crippen LogP) is 0.225. The van der Waals surface area contributed by atoms with Crippen molar-refractivity contribution < 1.29 is 13.2 Å². The molecular formula is C11H22N2O3S.